The van der Waals surface area contributed by atoms with E-state index in [4.69, 9.17) is 10.2 Å². The van der Waals surface area contributed by atoms with E-state index in [2.05, 4.69) is 0 Å². The van der Waals surface area contributed by atoms with Gasteiger partial charge in [-0.05, 0) is 12.1 Å². The van der Waals surface area contributed by atoms with Crippen LogP contribution in [-0.2, 0) is 4.79 Å². The van der Waals surface area contributed by atoms with Crippen molar-refractivity contribution >= 4 is 12.0 Å². The molecule has 0 atom stereocenters. The number of hydrogen-bond donors (Lipinski definition) is 1. The fourth-order valence-corrected chi connectivity index (χ4v) is 0.598. The van der Waals surface area contributed by atoms with Gasteiger partial charge in [-0.25, -0.2) is 0 Å². The van der Waals surface area contributed by atoms with Gasteiger partial charge < -0.3 is 10.2 Å². The summed E-state index contributed by atoms with van der Waals surface area (Å²) >= 11 is 0. The van der Waals surface area contributed by atoms with E-state index >= 15 is 0 Å². The van der Waals surface area contributed by atoms with Crippen molar-refractivity contribution < 1.29 is 9.21 Å². The lowest BCUT2D eigenvalue weighted by atomic mass is 10.3. The smallest absolute Gasteiger partial charge is 0.149 e. The Kier molecular flexibility index (Phi) is 1.89. The van der Waals surface area contributed by atoms with Crippen LogP contribution in [0.4, 0.5) is 0 Å². The Hall–Kier alpha value is -1.51. The summed E-state index contributed by atoms with van der Waals surface area (Å²) in [5.41, 5.74) is 5.73. The average molecular weight is 137 g/mol. The quantitative estimate of drug-likeness (QED) is 0.484. The Morgan fingerprint density at radius 3 is 3.00 bits per heavy atom. The van der Waals surface area contributed by atoms with Gasteiger partial charge in [0.1, 0.15) is 12.0 Å². The first-order valence-electron chi connectivity index (χ1n) is 2.79. The molecule has 3 heteroatoms. The Morgan fingerprint density at radius 1 is 1.70 bits per heavy atom. The van der Waals surface area contributed by atoms with E-state index < -0.39 is 0 Å². The highest BCUT2D eigenvalue weighted by Gasteiger charge is 1.95. The molecule has 0 saturated heterocycles. The monoisotopic (exact) mass is 137 g/mol. The topological polar surface area (TPSA) is 56.2 Å². The minimum absolute atomic E-state index is 0.347. The second-order valence-electron chi connectivity index (χ2n) is 1.74. The van der Waals surface area contributed by atoms with Crippen LogP contribution in [0.2, 0.25) is 0 Å². The fourth-order valence-electron chi connectivity index (χ4n) is 0.598. The van der Waals surface area contributed by atoms with E-state index in [0.717, 1.165) is 0 Å². The molecule has 1 aromatic rings. The second kappa shape index (κ2) is 2.87. The van der Waals surface area contributed by atoms with Crippen molar-refractivity contribution in [1.29, 1.82) is 0 Å². The van der Waals surface area contributed by atoms with E-state index in [1.165, 1.54) is 12.3 Å². The molecule has 0 bridgehead atoms. The van der Waals surface area contributed by atoms with Crippen LogP contribution in [-0.4, -0.2) is 6.29 Å². The SMILES string of the molecule is N/C(=C/C=O)c1ccco1. The standard InChI is InChI=1S/C7H7NO2/c8-6(3-4-9)7-2-1-5-10-7/h1-5H,8H2/b6-3+. The highest BCUT2D eigenvalue weighted by atomic mass is 16.3. The lowest BCUT2D eigenvalue weighted by Gasteiger charge is -1.90. The Morgan fingerprint density at radius 2 is 2.50 bits per heavy atom. The van der Waals surface area contributed by atoms with Crippen molar-refractivity contribution in [2.75, 3.05) is 0 Å². The average Bonchev–Trinajstić information content (AvgIpc) is 2.38. The highest BCUT2D eigenvalue weighted by Crippen LogP contribution is 2.07. The van der Waals surface area contributed by atoms with Crippen molar-refractivity contribution in [3.63, 3.8) is 0 Å². The maximum atomic E-state index is 9.91. The summed E-state index contributed by atoms with van der Waals surface area (Å²) in [7, 11) is 0. The summed E-state index contributed by atoms with van der Waals surface area (Å²) in [6.07, 6.45) is 3.37. The number of allylic oxidation sites excluding steroid dienone is 1. The second-order valence-corrected chi connectivity index (χ2v) is 1.74. The van der Waals surface area contributed by atoms with E-state index in [-0.39, 0.29) is 0 Å². The molecule has 2 N–H and O–H groups in total. The van der Waals surface area contributed by atoms with Crippen molar-refractivity contribution in [2.45, 2.75) is 0 Å². The molecular weight excluding hydrogens is 130 g/mol. The molecule has 0 saturated carbocycles. The largest absolute Gasteiger partial charge is 0.463 e. The summed E-state index contributed by atoms with van der Waals surface area (Å²) in [5, 5.41) is 0. The van der Waals surface area contributed by atoms with Crippen molar-refractivity contribution in [2.24, 2.45) is 5.73 Å². The molecular formula is C7H7NO2. The van der Waals surface area contributed by atoms with Crippen LogP contribution in [0.1, 0.15) is 5.76 Å². The van der Waals surface area contributed by atoms with Gasteiger partial charge in [0.05, 0.1) is 12.0 Å². The molecule has 0 radical (unpaired) electrons. The first-order valence-corrected chi connectivity index (χ1v) is 2.79. The maximum absolute atomic E-state index is 9.91. The molecule has 1 aromatic heterocycles. The molecule has 0 aliphatic carbocycles. The Labute approximate surface area is 58.1 Å². The van der Waals surface area contributed by atoms with E-state index in [1.54, 1.807) is 12.1 Å². The lowest BCUT2D eigenvalue weighted by Crippen LogP contribution is -1.93. The minimum atomic E-state index is 0.347. The van der Waals surface area contributed by atoms with Crippen LogP contribution >= 0.6 is 0 Å². The van der Waals surface area contributed by atoms with Crippen LogP contribution in [0.15, 0.2) is 28.9 Å². The molecule has 0 aliphatic heterocycles. The fraction of sp³-hybridized carbons (Fsp3) is 0. The van der Waals surface area contributed by atoms with Gasteiger partial charge in [0.2, 0.25) is 0 Å². The van der Waals surface area contributed by atoms with Crippen LogP contribution < -0.4 is 5.73 Å². The zero-order chi connectivity index (χ0) is 7.40. The summed E-state index contributed by atoms with van der Waals surface area (Å²) in [6, 6.07) is 3.40. The summed E-state index contributed by atoms with van der Waals surface area (Å²) in [6.45, 7) is 0. The van der Waals surface area contributed by atoms with Crippen LogP contribution in [0.3, 0.4) is 0 Å². The number of furan rings is 1. The molecule has 0 spiro atoms. The highest BCUT2D eigenvalue weighted by molar-refractivity contribution is 5.78. The van der Waals surface area contributed by atoms with E-state index in [0.29, 0.717) is 17.7 Å². The van der Waals surface area contributed by atoms with Crippen LogP contribution in [0.5, 0.6) is 0 Å². The third-order valence-corrected chi connectivity index (χ3v) is 1.05. The predicted molar refractivity (Wildman–Crippen MR) is 36.9 cm³/mol. The Bertz CT molecular complexity index is 236. The number of aldehydes is 1. The third kappa shape index (κ3) is 1.25. The molecule has 0 aliphatic rings. The molecule has 0 amide bonds. The van der Waals surface area contributed by atoms with Gasteiger partial charge in [-0.2, -0.15) is 0 Å². The van der Waals surface area contributed by atoms with Gasteiger partial charge in [-0.1, -0.05) is 0 Å². The van der Waals surface area contributed by atoms with Gasteiger partial charge in [0.25, 0.3) is 0 Å². The molecule has 1 heterocycles. The van der Waals surface area contributed by atoms with Crippen molar-refractivity contribution in [3.05, 3.63) is 30.2 Å². The molecule has 0 aromatic carbocycles. The van der Waals surface area contributed by atoms with Gasteiger partial charge in [0.15, 0.2) is 0 Å². The van der Waals surface area contributed by atoms with Crippen molar-refractivity contribution in [1.82, 2.24) is 0 Å². The first-order chi connectivity index (χ1) is 4.84. The Balaban J connectivity index is 2.86. The maximum Gasteiger partial charge on any atom is 0.149 e. The van der Waals surface area contributed by atoms with Gasteiger partial charge in [-0.15, -0.1) is 0 Å². The minimum Gasteiger partial charge on any atom is -0.463 e. The van der Waals surface area contributed by atoms with Crippen molar-refractivity contribution in [3.8, 4) is 0 Å². The van der Waals surface area contributed by atoms with Gasteiger partial charge in [-0.3, -0.25) is 4.79 Å². The van der Waals surface area contributed by atoms with Gasteiger partial charge in [0, 0.05) is 6.08 Å². The molecule has 1 rings (SSSR count). The number of carbonyl (C=O) groups is 1. The molecule has 0 unspecified atom stereocenters. The number of carbonyl (C=O) groups excluding carboxylic acids is 1. The first kappa shape index (κ1) is 6.61. The third-order valence-electron chi connectivity index (χ3n) is 1.05. The van der Waals surface area contributed by atoms with Gasteiger partial charge >= 0.3 is 0 Å². The van der Waals surface area contributed by atoms with E-state index in [9.17, 15) is 4.79 Å². The molecule has 10 heavy (non-hydrogen) atoms. The lowest BCUT2D eigenvalue weighted by molar-refractivity contribution is -0.104. The predicted octanol–water partition coefficient (Wildman–Crippen LogP) is 0.778. The number of hydrogen-bond acceptors (Lipinski definition) is 3. The zero-order valence-electron chi connectivity index (χ0n) is 5.28. The summed E-state index contributed by atoms with van der Waals surface area (Å²) in [4.78, 5) is 9.91. The van der Waals surface area contributed by atoms with Crippen LogP contribution in [0, 0.1) is 0 Å². The summed E-state index contributed by atoms with van der Waals surface area (Å²) in [5.74, 6) is 0.520. The normalized spacial score (nSPS) is 11.4. The number of nitrogens with two attached hydrogens (primary N) is 1. The molecule has 52 valence electrons. The molecule has 0 fully saturated rings. The van der Waals surface area contributed by atoms with Crippen LogP contribution in [0.25, 0.3) is 5.70 Å². The van der Waals surface area contributed by atoms with E-state index in [1.807, 2.05) is 0 Å². The summed E-state index contributed by atoms with van der Waals surface area (Å²) < 4.78 is 4.90. The zero-order valence-corrected chi connectivity index (χ0v) is 5.28. The molecule has 3 nitrogen and oxygen atoms in total. The number of rotatable bonds is 2.